The van der Waals surface area contributed by atoms with Crippen molar-refractivity contribution >= 4 is 23.1 Å². The van der Waals surface area contributed by atoms with E-state index in [1.807, 2.05) is 62.4 Å². The van der Waals surface area contributed by atoms with Crippen LogP contribution in [0.4, 0.5) is 5.69 Å². The second-order valence-corrected chi connectivity index (χ2v) is 8.02. The van der Waals surface area contributed by atoms with Crippen molar-refractivity contribution in [2.45, 2.75) is 33.6 Å². The van der Waals surface area contributed by atoms with Crippen molar-refractivity contribution in [1.29, 1.82) is 0 Å². The first-order chi connectivity index (χ1) is 13.5. The number of aryl methyl sites for hydroxylation is 2. The maximum absolute atomic E-state index is 13.6. The van der Waals surface area contributed by atoms with Crippen molar-refractivity contribution in [2.24, 2.45) is 5.92 Å². The van der Waals surface area contributed by atoms with Crippen LogP contribution < -0.4 is 4.90 Å². The first-order valence-corrected chi connectivity index (χ1v) is 9.98. The number of nitrogens with zero attached hydrogens (tertiary/aromatic N) is 2. The lowest BCUT2D eigenvalue weighted by Crippen LogP contribution is -2.39. The van der Waals surface area contributed by atoms with E-state index < -0.39 is 0 Å². The minimum absolute atomic E-state index is 0.202. The van der Waals surface area contributed by atoms with Gasteiger partial charge in [0.25, 0.3) is 11.8 Å². The Morgan fingerprint density at radius 2 is 1.71 bits per heavy atom. The monoisotopic (exact) mass is 374 g/mol. The number of carbonyl (C=O) groups excluding carboxylic acids is 2. The van der Waals surface area contributed by atoms with Gasteiger partial charge in [0.05, 0.1) is 11.3 Å². The Hall–Kier alpha value is -2.88. The predicted molar refractivity (Wildman–Crippen MR) is 112 cm³/mol. The summed E-state index contributed by atoms with van der Waals surface area (Å²) < 4.78 is 0. The summed E-state index contributed by atoms with van der Waals surface area (Å²) in [5.74, 6) is 0.0840. The Labute approximate surface area is 166 Å². The topological polar surface area (TPSA) is 40.6 Å². The van der Waals surface area contributed by atoms with Crippen LogP contribution in [-0.2, 0) is 9.59 Å². The van der Waals surface area contributed by atoms with Crippen molar-refractivity contribution in [3.63, 3.8) is 0 Å². The van der Waals surface area contributed by atoms with E-state index in [9.17, 15) is 9.59 Å². The zero-order valence-corrected chi connectivity index (χ0v) is 16.7. The molecule has 1 fully saturated rings. The molecule has 2 amide bonds. The molecule has 2 aliphatic heterocycles. The van der Waals surface area contributed by atoms with Gasteiger partial charge in [0.2, 0.25) is 0 Å². The van der Waals surface area contributed by atoms with Gasteiger partial charge in [-0.1, -0.05) is 49.4 Å². The van der Waals surface area contributed by atoms with Gasteiger partial charge in [-0.05, 0) is 55.4 Å². The van der Waals surface area contributed by atoms with E-state index in [-0.39, 0.29) is 11.8 Å². The molecule has 28 heavy (non-hydrogen) atoms. The Kier molecular flexibility index (Phi) is 4.80. The quantitative estimate of drug-likeness (QED) is 0.751. The maximum Gasteiger partial charge on any atom is 0.282 e. The molecule has 0 aliphatic carbocycles. The Morgan fingerprint density at radius 1 is 0.964 bits per heavy atom. The van der Waals surface area contributed by atoms with E-state index in [2.05, 4.69) is 11.8 Å². The van der Waals surface area contributed by atoms with Crippen LogP contribution in [0.2, 0.25) is 0 Å². The second kappa shape index (κ2) is 7.27. The average molecular weight is 374 g/mol. The van der Waals surface area contributed by atoms with Crippen LogP contribution in [0.1, 0.15) is 36.5 Å². The van der Waals surface area contributed by atoms with Gasteiger partial charge in [0, 0.05) is 13.1 Å². The number of rotatable bonds is 3. The molecular formula is C24H26N2O2. The number of imide groups is 1. The van der Waals surface area contributed by atoms with Crippen molar-refractivity contribution in [2.75, 3.05) is 18.0 Å². The summed E-state index contributed by atoms with van der Waals surface area (Å²) in [6, 6.07) is 15.5. The fraction of sp³-hybridized carbons (Fsp3) is 0.333. The lowest BCUT2D eigenvalue weighted by atomic mass is 9.98. The largest absolute Gasteiger partial charge is 0.366 e. The minimum atomic E-state index is -0.224. The summed E-state index contributed by atoms with van der Waals surface area (Å²) in [7, 11) is 0. The predicted octanol–water partition coefficient (Wildman–Crippen LogP) is 4.32. The lowest BCUT2D eigenvalue weighted by molar-refractivity contribution is -0.120. The highest BCUT2D eigenvalue weighted by molar-refractivity contribution is 6.45. The number of carbonyl (C=O) groups is 2. The van der Waals surface area contributed by atoms with E-state index in [0.29, 0.717) is 22.9 Å². The summed E-state index contributed by atoms with van der Waals surface area (Å²) in [5.41, 5.74) is 4.53. The van der Waals surface area contributed by atoms with Gasteiger partial charge in [-0.25, -0.2) is 4.90 Å². The van der Waals surface area contributed by atoms with Crippen LogP contribution in [0.25, 0.3) is 5.57 Å². The summed E-state index contributed by atoms with van der Waals surface area (Å²) in [5, 5.41) is 0. The molecule has 0 radical (unpaired) electrons. The lowest BCUT2D eigenvalue weighted by Gasteiger charge is -2.33. The van der Waals surface area contributed by atoms with Gasteiger partial charge in [0.1, 0.15) is 5.70 Å². The molecule has 0 aromatic heterocycles. The number of benzene rings is 2. The molecule has 4 rings (SSSR count). The van der Waals surface area contributed by atoms with Crippen LogP contribution in [-0.4, -0.2) is 29.8 Å². The average Bonchev–Trinajstić information content (AvgIpc) is 2.95. The van der Waals surface area contributed by atoms with E-state index in [1.165, 1.54) is 4.90 Å². The summed E-state index contributed by atoms with van der Waals surface area (Å²) in [6.45, 7) is 7.75. The molecule has 1 atom stereocenters. The first-order valence-electron chi connectivity index (χ1n) is 9.98. The molecular weight excluding hydrogens is 348 g/mol. The normalized spacial score (nSPS) is 20.3. The van der Waals surface area contributed by atoms with E-state index in [4.69, 9.17) is 0 Å². The van der Waals surface area contributed by atoms with Gasteiger partial charge in [0.15, 0.2) is 0 Å². The Morgan fingerprint density at radius 3 is 2.43 bits per heavy atom. The highest BCUT2D eigenvalue weighted by Crippen LogP contribution is 2.37. The van der Waals surface area contributed by atoms with E-state index >= 15 is 0 Å². The second-order valence-electron chi connectivity index (χ2n) is 8.02. The van der Waals surface area contributed by atoms with Crippen molar-refractivity contribution in [3.05, 3.63) is 70.9 Å². The van der Waals surface area contributed by atoms with Crippen LogP contribution >= 0.6 is 0 Å². The van der Waals surface area contributed by atoms with E-state index in [1.54, 1.807) is 0 Å². The molecule has 1 saturated heterocycles. The molecule has 0 saturated carbocycles. The number of hydrogen-bond acceptors (Lipinski definition) is 3. The third kappa shape index (κ3) is 3.13. The third-order valence-corrected chi connectivity index (χ3v) is 5.70. The molecule has 2 aromatic rings. The fourth-order valence-corrected chi connectivity index (χ4v) is 4.25. The molecule has 0 spiro atoms. The number of likely N-dealkylation sites (tertiary alicyclic amines) is 1. The van der Waals surface area contributed by atoms with Crippen molar-refractivity contribution < 1.29 is 9.59 Å². The fourth-order valence-electron chi connectivity index (χ4n) is 4.25. The SMILES string of the molecule is Cc1ccc(C)c(N2C(=O)C(c3ccccc3)=C(N3CCCC(C)C3)C2=O)c1. The highest BCUT2D eigenvalue weighted by atomic mass is 16.2. The number of amides is 2. The zero-order chi connectivity index (χ0) is 19.8. The van der Waals surface area contributed by atoms with Crippen LogP contribution in [0.15, 0.2) is 54.2 Å². The van der Waals surface area contributed by atoms with Crippen molar-refractivity contribution in [1.82, 2.24) is 4.90 Å². The standard InChI is InChI=1S/C24H26N2O2/c1-16-11-12-18(3)20(14-16)26-23(27)21(19-9-5-4-6-10-19)22(24(26)28)25-13-7-8-17(2)15-25/h4-6,9-12,14,17H,7-8,13,15H2,1-3H3. The molecule has 4 heteroatoms. The molecule has 144 valence electrons. The summed E-state index contributed by atoms with van der Waals surface area (Å²) in [6.07, 6.45) is 2.20. The van der Waals surface area contributed by atoms with Crippen LogP contribution in [0, 0.1) is 19.8 Å². The maximum atomic E-state index is 13.6. The third-order valence-electron chi connectivity index (χ3n) is 5.70. The molecule has 2 heterocycles. The molecule has 2 aromatic carbocycles. The van der Waals surface area contributed by atoms with Gasteiger partial charge in [-0.15, -0.1) is 0 Å². The summed E-state index contributed by atoms with van der Waals surface area (Å²) >= 11 is 0. The van der Waals surface area contributed by atoms with Gasteiger partial charge in [-0.3, -0.25) is 9.59 Å². The van der Waals surface area contributed by atoms with Crippen molar-refractivity contribution in [3.8, 4) is 0 Å². The molecule has 4 nitrogen and oxygen atoms in total. The molecule has 1 unspecified atom stereocenters. The van der Waals surface area contributed by atoms with Crippen LogP contribution in [0.5, 0.6) is 0 Å². The molecule has 2 aliphatic rings. The minimum Gasteiger partial charge on any atom is -0.366 e. The van der Waals surface area contributed by atoms with Gasteiger partial charge < -0.3 is 4.90 Å². The smallest absolute Gasteiger partial charge is 0.282 e. The Bertz CT molecular complexity index is 962. The number of anilines is 1. The Balaban J connectivity index is 1.85. The first kappa shape index (κ1) is 18.5. The van der Waals surface area contributed by atoms with Gasteiger partial charge >= 0.3 is 0 Å². The van der Waals surface area contributed by atoms with E-state index in [0.717, 1.165) is 42.6 Å². The molecule has 0 bridgehead atoms. The van der Waals surface area contributed by atoms with Crippen LogP contribution in [0.3, 0.4) is 0 Å². The number of hydrogen-bond donors (Lipinski definition) is 0. The summed E-state index contributed by atoms with van der Waals surface area (Å²) in [4.78, 5) is 30.6. The zero-order valence-electron chi connectivity index (χ0n) is 16.7. The molecule has 0 N–H and O–H groups in total. The highest BCUT2D eigenvalue weighted by Gasteiger charge is 2.43. The van der Waals surface area contributed by atoms with Gasteiger partial charge in [-0.2, -0.15) is 0 Å². The number of piperidine rings is 1.